The minimum Gasteiger partial charge on any atom is -0.508 e. The van der Waals surface area contributed by atoms with Crippen molar-refractivity contribution in [3.05, 3.63) is 23.9 Å². The van der Waals surface area contributed by atoms with E-state index in [9.17, 15) is 14.7 Å². The summed E-state index contributed by atoms with van der Waals surface area (Å²) in [6, 6.07) is 5.11. The topological polar surface area (TPSA) is 93.6 Å². The van der Waals surface area contributed by atoms with Gasteiger partial charge in [0.15, 0.2) is 0 Å². The van der Waals surface area contributed by atoms with Gasteiger partial charge in [0.05, 0.1) is 5.69 Å². The van der Waals surface area contributed by atoms with Crippen molar-refractivity contribution >= 4 is 28.5 Å². The first-order valence-electron chi connectivity index (χ1n) is 8.71. The van der Waals surface area contributed by atoms with Gasteiger partial charge in [-0.2, -0.15) is 0 Å². The number of anilines is 1. The largest absolute Gasteiger partial charge is 0.508 e. The summed E-state index contributed by atoms with van der Waals surface area (Å²) in [5.74, 6) is -0.603. The van der Waals surface area contributed by atoms with E-state index in [1.54, 1.807) is 24.0 Å². The highest BCUT2D eigenvalue weighted by Crippen LogP contribution is 2.33. The number of aromatic hydroxyl groups is 1. The summed E-state index contributed by atoms with van der Waals surface area (Å²) in [6.45, 7) is 4.08. The number of rotatable bonds is 9. The third-order valence-corrected chi connectivity index (χ3v) is 4.36. The number of unbranched alkanes of at least 4 members (excludes halogenated alkanes) is 4. The number of benzene rings is 1. The Bertz CT molecular complexity index is 751. The van der Waals surface area contributed by atoms with E-state index in [4.69, 9.17) is 5.11 Å². The fraction of sp³-hybridized carbons (Fsp3) is 0.474. The molecule has 0 fully saturated rings. The van der Waals surface area contributed by atoms with Gasteiger partial charge >= 0.3 is 5.97 Å². The number of carboxylic acids is 1. The maximum atomic E-state index is 12.1. The number of fused-ring (bicyclic) bond motifs is 1. The molecule has 0 spiro atoms. The smallest absolute Gasteiger partial charge is 0.303 e. The van der Waals surface area contributed by atoms with Crippen molar-refractivity contribution in [3.63, 3.8) is 0 Å². The molecule has 0 saturated carbocycles. The summed E-state index contributed by atoms with van der Waals surface area (Å²) in [6.07, 6.45) is 4.59. The van der Waals surface area contributed by atoms with Crippen molar-refractivity contribution in [2.75, 3.05) is 11.4 Å². The van der Waals surface area contributed by atoms with Gasteiger partial charge in [0.25, 0.3) is 0 Å². The third-order valence-electron chi connectivity index (χ3n) is 4.36. The molecule has 0 unspecified atom stereocenters. The zero-order valence-corrected chi connectivity index (χ0v) is 14.8. The van der Waals surface area contributed by atoms with E-state index in [2.05, 4.69) is 4.98 Å². The summed E-state index contributed by atoms with van der Waals surface area (Å²) in [5.41, 5.74) is 2.62. The number of amides is 1. The molecule has 2 rings (SSSR count). The van der Waals surface area contributed by atoms with Gasteiger partial charge in [-0.3, -0.25) is 9.59 Å². The van der Waals surface area contributed by atoms with Crippen molar-refractivity contribution < 1.29 is 19.8 Å². The second-order valence-corrected chi connectivity index (χ2v) is 6.41. The monoisotopic (exact) mass is 346 g/mol. The van der Waals surface area contributed by atoms with Crippen LogP contribution >= 0.6 is 0 Å². The van der Waals surface area contributed by atoms with E-state index < -0.39 is 5.97 Å². The van der Waals surface area contributed by atoms with E-state index in [-0.39, 0.29) is 18.1 Å². The summed E-state index contributed by atoms with van der Waals surface area (Å²) >= 11 is 0. The lowest BCUT2D eigenvalue weighted by molar-refractivity contribution is -0.137. The average molecular weight is 346 g/mol. The van der Waals surface area contributed by atoms with E-state index >= 15 is 0 Å². The molecule has 0 aliphatic heterocycles. The van der Waals surface area contributed by atoms with Crippen LogP contribution in [0.25, 0.3) is 10.9 Å². The molecular weight excluding hydrogens is 320 g/mol. The third kappa shape index (κ3) is 4.98. The molecule has 0 aliphatic rings. The zero-order chi connectivity index (χ0) is 18.4. The molecule has 3 N–H and O–H groups in total. The Labute approximate surface area is 147 Å². The fourth-order valence-electron chi connectivity index (χ4n) is 3.15. The minimum absolute atomic E-state index is 0.0294. The summed E-state index contributed by atoms with van der Waals surface area (Å²) < 4.78 is 0. The van der Waals surface area contributed by atoms with Crippen LogP contribution in [-0.4, -0.2) is 33.6 Å². The molecule has 0 atom stereocenters. The number of phenolic OH excluding ortho intramolecular Hbond substituents is 1. The quantitative estimate of drug-likeness (QED) is 0.599. The number of aliphatic carboxylic acids is 1. The van der Waals surface area contributed by atoms with Crippen LogP contribution in [0.1, 0.15) is 51.1 Å². The Kier molecular flexibility index (Phi) is 6.44. The summed E-state index contributed by atoms with van der Waals surface area (Å²) in [5, 5.41) is 19.2. The summed E-state index contributed by atoms with van der Waals surface area (Å²) in [7, 11) is 0. The number of aromatic nitrogens is 1. The number of aryl methyl sites for hydroxylation is 1. The molecule has 25 heavy (non-hydrogen) atoms. The molecule has 0 bridgehead atoms. The second kappa shape index (κ2) is 8.55. The first-order valence-corrected chi connectivity index (χ1v) is 8.71. The Morgan fingerprint density at radius 3 is 2.48 bits per heavy atom. The number of carboxylic acid groups (broad SMARTS) is 1. The normalized spacial score (nSPS) is 11.0. The predicted molar refractivity (Wildman–Crippen MR) is 98.1 cm³/mol. The average Bonchev–Trinajstić information content (AvgIpc) is 2.85. The first-order chi connectivity index (χ1) is 11.9. The maximum absolute atomic E-state index is 12.1. The number of carbonyl (C=O) groups excluding carboxylic acids is 1. The van der Waals surface area contributed by atoms with Crippen LogP contribution < -0.4 is 4.90 Å². The highest BCUT2D eigenvalue weighted by Gasteiger charge is 2.19. The Hall–Kier alpha value is -2.50. The predicted octanol–water partition coefficient (Wildman–Crippen LogP) is 3.96. The Balaban J connectivity index is 1.99. The van der Waals surface area contributed by atoms with Gasteiger partial charge in [-0.15, -0.1) is 0 Å². The molecule has 6 heteroatoms. The van der Waals surface area contributed by atoms with Crippen molar-refractivity contribution in [1.82, 2.24) is 4.98 Å². The van der Waals surface area contributed by atoms with Crippen molar-refractivity contribution in [2.24, 2.45) is 0 Å². The molecule has 2 aromatic rings. The maximum Gasteiger partial charge on any atom is 0.303 e. The molecule has 1 amide bonds. The number of hydrogen-bond acceptors (Lipinski definition) is 3. The number of H-pyrrole nitrogens is 1. The van der Waals surface area contributed by atoms with Crippen molar-refractivity contribution in [1.29, 1.82) is 0 Å². The highest BCUT2D eigenvalue weighted by atomic mass is 16.4. The van der Waals surface area contributed by atoms with E-state index in [0.717, 1.165) is 48.0 Å². The van der Waals surface area contributed by atoms with Crippen LogP contribution in [0.3, 0.4) is 0 Å². The molecule has 6 nitrogen and oxygen atoms in total. The van der Waals surface area contributed by atoms with Crippen LogP contribution in [0.15, 0.2) is 18.2 Å². The van der Waals surface area contributed by atoms with Gasteiger partial charge < -0.3 is 20.1 Å². The number of carbonyl (C=O) groups is 2. The van der Waals surface area contributed by atoms with Crippen molar-refractivity contribution in [2.45, 2.75) is 52.4 Å². The van der Waals surface area contributed by atoms with E-state index in [1.807, 2.05) is 13.0 Å². The van der Waals surface area contributed by atoms with Gasteiger partial charge in [-0.05, 0) is 38.0 Å². The molecule has 1 heterocycles. The van der Waals surface area contributed by atoms with E-state index in [0.29, 0.717) is 13.0 Å². The van der Waals surface area contributed by atoms with E-state index in [1.165, 1.54) is 0 Å². The molecule has 136 valence electrons. The van der Waals surface area contributed by atoms with Crippen LogP contribution in [-0.2, 0) is 9.59 Å². The lowest BCUT2D eigenvalue weighted by atomic mass is 10.1. The number of aromatic amines is 1. The number of phenols is 1. The van der Waals surface area contributed by atoms with Gasteiger partial charge in [0, 0.05) is 36.5 Å². The van der Waals surface area contributed by atoms with Crippen LogP contribution in [0.5, 0.6) is 5.75 Å². The molecule has 0 saturated heterocycles. The van der Waals surface area contributed by atoms with Crippen LogP contribution in [0.4, 0.5) is 5.69 Å². The first kappa shape index (κ1) is 18.8. The van der Waals surface area contributed by atoms with Gasteiger partial charge in [-0.1, -0.05) is 19.3 Å². The second-order valence-electron chi connectivity index (χ2n) is 6.41. The number of nitrogens with one attached hydrogen (secondary N) is 1. The van der Waals surface area contributed by atoms with Crippen LogP contribution in [0.2, 0.25) is 0 Å². The molecule has 1 aromatic carbocycles. The SMILES string of the molecule is CC(=O)N(CCCCCCCC(=O)O)c1c(C)[nH]c2ccc(O)cc12. The van der Waals surface area contributed by atoms with Gasteiger partial charge in [-0.25, -0.2) is 0 Å². The highest BCUT2D eigenvalue weighted by molar-refractivity contribution is 6.04. The minimum atomic E-state index is -0.749. The molecule has 0 radical (unpaired) electrons. The van der Waals surface area contributed by atoms with Crippen molar-refractivity contribution in [3.8, 4) is 5.75 Å². The standard InChI is InChI=1S/C19H26N2O4/c1-13-19(16-12-15(23)9-10-17(16)20-13)21(14(2)22)11-7-5-3-4-6-8-18(24)25/h9-10,12,20,23H,3-8,11H2,1-2H3,(H,24,25). The molecule has 1 aromatic heterocycles. The Morgan fingerprint density at radius 2 is 1.80 bits per heavy atom. The summed E-state index contributed by atoms with van der Waals surface area (Å²) in [4.78, 5) is 27.6. The lowest BCUT2D eigenvalue weighted by Crippen LogP contribution is -2.29. The molecular formula is C19H26N2O4. The molecule has 0 aliphatic carbocycles. The lowest BCUT2D eigenvalue weighted by Gasteiger charge is -2.21. The fourth-order valence-corrected chi connectivity index (χ4v) is 3.15. The van der Waals surface area contributed by atoms with Gasteiger partial charge in [0.2, 0.25) is 5.91 Å². The number of hydrogen-bond donors (Lipinski definition) is 3. The Morgan fingerprint density at radius 1 is 1.12 bits per heavy atom. The zero-order valence-electron chi connectivity index (χ0n) is 14.8. The number of nitrogens with zero attached hydrogens (tertiary/aromatic N) is 1. The van der Waals surface area contributed by atoms with Crippen LogP contribution in [0, 0.1) is 6.92 Å². The van der Waals surface area contributed by atoms with Gasteiger partial charge in [0.1, 0.15) is 5.75 Å².